The lowest BCUT2D eigenvalue weighted by atomic mass is 10.1. The molecule has 0 fully saturated rings. The van der Waals surface area contributed by atoms with Crippen molar-refractivity contribution in [2.24, 2.45) is 0 Å². The fourth-order valence-corrected chi connectivity index (χ4v) is 2.58. The molecule has 0 saturated carbocycles. The highest BCUT2D eigenvalue weighted by molar-refractivity contribution is 5.98. The van der Waals surface area contributed by atoms with E-state index >= 15 is 0 Å². The summed E-state index contributed by atoms with van der Waals surface area (Å²) in [6, 6.07) is 15.3. The summed E-state index contributed by atoms with van der Waals surface area (Å²) in [5.41, 5.74) is 0.0498. The van der Waals surface area contributed by atoms with Gasteiger partial charge >= 0.3 is 5.97 Å². The first-order valence-corrected chi connectivity index (χ1v) is 8.26. The summed E-state index contributed by atoms with van der Waals surface area (Å²) in [6.45, 7) is 1.45. The van der Waals surface area contributed by atoms with E-state index in [-0.39, 0.29) is 5.69 Å². The number of amides is 1. The average molecular weight is 366 g/mol. The molecule has 0 unspecified atom stereocenters. The summed E-state index contributed by atoms with van der Waals surface area (Å²) >= 11 is 0. The van der Waals surface area contributed by atoms with E-state index in [2.05, 4.69) is 10.3 Å². The van der Waals surface area contributed by atoms with Crippen molar-refractivity contribution in [2.45, 2.75) is 13.0 Å². The molecule has 0 radical (unpaired) electrons. The molecule has 2 N–H and O–H groups in total. The number of benzene rings is 2. The van der Waals surface area contributed by atoms with Crippen molar-refractivity contribution in [3.05, 3.63) is 70.6 Å². The van der Waals surface area contributed by atoms with Crippen LogP contribution in [0.5, 0.6) is 5.75 Å². The molecular weight excluding hydrogens is 348 g/mol. The minimum atomic E-state index is -1.07. The van der Waals surface area contributed by atoms with Gasteiger partial charge in [0.25, 0.3) is 11.5 Å². The number of carbonyl (C=O) groups is 2. The highest BCUT2D eigenvalue weighted by Gasteiger charge is 2.21. The van der Waals surface area contributed by atoms with E-state index < -0.39 is 23.5 Å². The van der Waals surface area contributed by atoms with Crippen molar-refractivity contribution >= 4 is 28.3 Å². The quantitative estimate of drug-likeness (QED) is 0.677. The van der Waals surface area contributed by atoms with Crippen LogP contribution in [0.4, 0.5) is 5.69 Å². The molecule has 27 heavy (non-hydrogen) atoms. The zero-order valence-electron chi connectivity index (χ0n) is 14.8. The number of esters is 1. The number of rotatable bonds is 5. The smallest absolute Gasteiger partial charge is 0.355 e. The lowest BCUT2D eigenvalue weighted by Crippen LogP contribution is -2.30. The number of aromatic amines is 1. The third-order valence-corrected chi connectivity index (χ3v) is 3.99. The van der Waals surface area contributed by atoms with E-state index in [4.69, 9.17) is 9.47 Å². The number of ether oxygens (including phenoxy) is 2. The van der Waals surface area contributed by atoms with Crippen molar-refractivity contribution in [3.63, 3.8) is 0 Å². The van der Waals surface area contributed by atoms with Gasteiger partial charge in [0.05, 0.1) is 12.8 Å². The van der Waals surface area contributed by atoms with Gasteiger partial charge < -0.3 is 19.8 Å². The standard InChI is InChI=1S/C20H18N2O5/c1-12(18(23)21-15-9-5-6-10-17(15)26-2)27-20(25)16-11-13-7-3-4-8-14(13)19(24)22-16/h3-12H,1-2H3,(H,21,23)(H,22,24)/t12-/m1/s1. The molecule has 0 saturated heterocycles. The summed E-state index contributed by atoms with van der Waals surface area (Å²) in [5.74, 6) is -0.820. The van der Waals surface area contributed by atoms with Crippen LogP contribution in [-0.2, 0) is 9.53 Å². The van der Waals surface area contributed by atoms with Crippen molar-refractivity contribution in [2.75, 3.05) is 12.4 Å². The molecule has 1 atom stereocenters. The van der Waals surface area contributed by atoms with Crippen molar-refractivity contribution in [1.82, 2.24) is 4.98 Å². The number of H-pyrrole nitrogens is 1. The normalized spacial score (nSPS) is 11.6. The number of methoxy groups -OCH3 is 1. The lowest BCUT2D eigenvalue weighted by molar-refractivity contribution is -0.123. The van der Waals surface area contributed by atoms with Crippen molar-refractivity contribution in [1.29, 1.82) is 0 Å². The first kappa shape index (κ1) is 18.2. The summed E-state index contributed by atoms with van der Waals surface area (Å²) in [7, 11) is 1.49. The van der Waals surface area contributed by atoms with Gasteiger partial charge in [0.2, 0.25) is 0 Å². The van der Waals surface area contributed by atoms with Gasteiger partial charge in [-0.25, -0.2) is 4.79 Å². The number of hydrogen-bond acceptors (Lipinski definition) is 5. The van der Waals surface area contributed by atoms with Gasteiger partial charge in [-0.1, -0.05) is 30.3 Å². The summed E-state index contributed by atoms with van der Waals surface area (Å²) < 4.78 is 10.4. The Kier molecular flexibility index (Phi) is 5.21. The summed E-state index contributed by atoms with van der Waals surface area (Å²) in [4.78, 5) is 39.2. The van der Waals surface area contributed by atoms with Crippen LogP contribution in [0.25, 0.3) is 10.8 Å². The number of carbonyl (C=O) groups excluding carboxylic acids is 2. The van der Waals surface area contributed by atoms with Gasteiger partial charge in [-0.15, -0.1) is 0 Å². The average Bonchev–Trinajstić information content (AvgIpc) is 2.68. The van der Waals surface area contributed by atoms with E-state index in [1.807, 2.05) is 0 Å². The zero-order chi connectivity index (χ0) is 19.4. The molecule has 0 spiro atoms. The van der Waals surface area contributed by atoms with E-state index in [1.54, 1.807) is 48.5 Å². The number of anilines is 1. The van der Waals surface area contributed by atoms with Crippen LogP contribution < -0.4 is 15.6 Å². The molecule has 1 aromatic heterocycles. The summed E-state index contributed by atoms with van der Waals surface area (Å²) in [5, 5.41) is 3.72. The van der Waals surface area contributed by atoms with Crippen LogP contribution in [0.3, 0.4) is 0 Å². The van der Waals surface area contributed by atoms with Gasteiger partial charge in [-0.2, -0.15) is 0 Å². The van der Waals surface area contributed by atoms with Crippen LogP contribution in [-0.4, -0.2) is 30.1 Å². The predicted octanol–water partition coefficient (Wildman–Crippen LogP) is 2.72. The first-order chi connectivity index (χ1) is 13.0. The van der Waals surface area contributed by atoms with E-state index in [0.29, 0.717) is 22.2 Å². The Hall–Kier alpha value is -3.61. The molecule has 1 amide bonds. The van der Waals surface area contributed by atoms with Gasteiger partial charge in [0.15, 0.2) is 6.10 Å². The highest BCUT2D eigenvalue weighted by Crippen LogP contribution is 2.23. The van der Waals surface area contributed by atoms with Gasteiger partial charge in [0, 0.05) is 5.39 Å². The molecule has 3 aromatic rings. The summed E-state index contributed by atoms with van der Waals surface area (Å²) in [6.07, 6.45) is -1.07. The van der Waals surface area contributed by atoms with Crippen molar-refractivity contribution < 1.29 is 19.1 Å². The van der Waals surface area contributed by atoms with E-state index in [0.717, 1.165) is 0 Å². The van der Waals surface area contributed by atoms with Gasteiger partial charge in [-0.3, -0.25) is 9.59 Å². The number of pyridine rings is 1. The maximum Gasteiger partial charge on any atom is 0.355 e. The van der Waals surface area contributed by atoms with Crippen LogP contribution in [0, 0.1) is 0 Å². The Morgan fingerprint density at radius 3 is 2.56 bits per heavy atom. The molecule has 138 valence electrons. The molecule has 7 heteroatoms. The molecule has 3 rings (SSSR count). The first-order valence-electron chi connectivity index (χ1n) is 8.26. The van der Waals surface area contributed by atoms with Gasteiger partial charge in [0.1, 0.15) is 11.4 Å². The Morgan fingerprint density at radius 2 is 1.78 bits per heavy atom. The second kappa shape index (κ2) is 7.74. The van der Waals surface area contributed by atoms with Crippen molar-refractivity contribution in [3.8, 4) is 5.75 Å². The maximum atomic E-state index is 12.3. The minimum absolute atomic E-state index is 0.0179. The third-order valence-electron chi connectivity index (χ3n) is 3.99. The fraction of sp³-hybridized carbons (Fsp3) is 0.150. The topological polar surface area (TPSA) is 97.5 Å². The van der Waals surface area contributed by atoms with Crippen LogP contribution in [0.2, 0.25) is 0 Å². The molecular formula is C20H18N2O5. The molecule has 0 bridgehead atoms. The Labute approximate surface area is 154 Å². The molecule has 0 aliphatic heterocycles. The Bertz CT molecular complexity index is 1060. The Balaban J connectivity index is 1.73. The number of aromatic nitrogens is 1. The largest absolute Gasteiger partial charge is 0.495 e. The second-order valence-corrected chi connectivity index (χ2v) is 5.84. The van der Waals surface area contributed by atoms with E-state index in [9.17, 15) is 14.4 Å². The minimum Gasteiger partial charge on any atom is -0.495 e. The molecule has 0 aliphatic rings. The van der Waals surface area contributed by atoms with Crippen LogP contribution in [0.15, 0.2) is 59.4 Å². The lowest BCUT2D eigenvalue weighted by Gasteiger charge is -2.15. The number of para-hydroxylation sites is 2. The number of fused-ring (bicyclic) bond motifs is 1. The monoisotopic (exact) mass is 366 g/mol. The predicted molar refractivity (Wildman–Crippen MR) is 101 cm³/mol. The SMILES string of the molecule is COc1ccccc1NC(=O)[C@@H](C)OC(=O)c1cc2ccccc2c(=O)[nH]1. The maximum absolute atomic E-state index is 12.3. The third kappa shape index (κ3) is 3.98. The second-order valence-electron chi connectivity index (χ2n) is 5.84. The molecule has 0 aliphatic carbocycles. The highest BCUT2D eigenvalue weighted by atomic mass is 16.5. The molecule has 7 nitrogen and oxygen atoms in total. The van der Waals surface area contributed by atoms with Crippen LogP contribution in [0.1, 0.15) is 17.4 Å². The molecule has 2 aromatic carbocycles. The van der Waals surface area contributed by atoms with E-state index in [1.165, 1.54) is 20.1 Å². The number of nitrogens with one attached hydrogen (secondary N) is 2. The van der Waals surface area contributed by atoms with Crippen LogP contribution >= 0.6 is 0 Å². The fourth-order valence-electron chi connectivity index (χ4n) is 2.58. The zero-order valence-corrected chi connectivity index (χ0v) is 14.8. The van der Waals surface area contributed by atoms with Gasteiger partial charge in [-0.05, 0) is 36.6 Å². The number of hydrogen-bond donors (Lipinski definition) is 2. The Morgan fingerprint density at radius 1 is 1.07 bits per heavy atom. The molecule has 1 heterocycles.